The number of benzene rings is 1. The number of carbonyl (C=O) groups excluding carboxylic acids is 1. The minimum absolute atomic E-state index is 0.0571. The summed E-state index contributed by atoms with van der Waals surface area (Å²) in [4.78, 5) is 15.7. The molecule has 0 unspecified atom stereocenters. The maximum absolute atomic E-state index is 11.7. The third-order valence-corrected chi connectivity index (χ3v) is 3.75. The van der Waals surface area contributed by atoms with Crippen molar-refractivity contribution in [2.24, 2.45) is 0 Å². The first-order chi connectivity index (χ1) is 11.2. The molecular formula is C18H22ClN3O. The summed E-state index contributed by atoms with van der Waals surface area (Å²) in [7, 11) is 0. The molecular weight excluding hydrogens is 310 g/mol. The van der Waals surface area contributed by atoms with Gasteiger partial charge in [0.2, 0.25) is 5.91 Å². The molecule has 0 radical (unpaired) electrons. The van der Waals surface area contributed by atoms with Crippen LogP contribution in [0.4, 0.5) is 0 Å². The van der Waals surface area contributed by atoms with E-state index in [9.17, 15) is 4.79 Å². The molecule has 0 aliphatic rings. The van der Waals surface area contributed by atoms with Crippen molar-refractivity contribution in [3.8, 4) is 0 Å². The van der Waals surface area contributed by atoms with Gasteiger partial charge in [0.05, 0.1) is 6.33 Å². The second-order valence-corrected chi connectivity index (χ2v) is 5.83. The smallest absolute Gasteiger partial charge is 0.243 e. The van der Waals surface area contributed by atoms with E-state index in [4.69, 9.17) is 11.6 Å². The van der Waals surface area contributed by atoms with Gasteiger partial charge in [0, 0.05) is 36.6 Å². The highest BCUT2D eigenvalue weighted by Crippen LogP contribution is 2.10. The zero-order valence-corrected chi connectivity index (χ0v) is 13.9. The number of amides is 1. The zero-order chi connectivity index (χ0) is 16.3. The SMILES string of the molecule is O=C(/C=C/c1ccc(Cl)cc1)NCCCCCCn1ccnc1. The first kappa shape index (κ1) is 17.3. The highest BCUT2D eigenvalue weighted by Gasteiger charge is 1.96. The Labute approximate surface area is 142 Å². The molecule has 0 saturated heterocycles. The van der Waals surface area contributed by atoms with E-state index in [0.717, 1.165) is 44.3 Å². The third kappa shape index (κ3) is 7.15. The Balaban J connectivity index is 1.52. The Kier molecular flexibility index (Phi) is 7.40. The molecule has 1 aromatic carbocycles. The molecule has 23 heavy (non-hydrogen) atoms. The molecule has 0 aliphatic heterocycles. The van der Waals surface area contributed by atoms with Crippen LogP contribution >= 0.6 is 11.6 Å². The summed E-state index contributed by atoms with van der Waals surface area (Å²) < 4.78 is 2.09. The van der Waals surface area contributed by atoms with Gasteiger partial charge >= 0.3 is 0 Å². The fourth-order valence-electron chi connectivity index (χ4n) is 2.21. The van der Waals surface area contributed by atoms with Gasteiger partial charge in [-0.25, -0.2) is 4.98 Å². The molecule has 0 atom stereocenters. The lowest BCUT2D eigenvalue weighted by Crippen LogP contribution is -2.21. The molecule has 122 valence electrons. The number of halogens is 1. The molecule has 1 aromatic heterocycles. The van der Waals surface area contributed by atoms with Crippen molar-refractivity contribution < 1.29 is 4.79 Å². The molecule has 0 fully saturated rings. The third-order valence-electron chi connectivity index (χ3n) is 3.50. The summed E-state index contributed by atoms with van der Waals surface area (Å²) in [5.41, 5.74) is 0.962. The van der Waals surface area contributed by atoms with E-state index >= 15 is 0 Å². The van der Waals surface area contributed by atoms with Gasteiger partial charge in [0.25, 0.3) is 0 Å². The minimum Gasteiger partial charge on any atom is -0.353 e. The van der Waals surface area contributed by atoms with Gasteiger partial charge in [-0.05, 0) is 36.6 Å². The highest BCUT2D eigenvalue weighted by molar-refractivity contribution is 6.30. The van der Waals surface area contributed by atoms with Gasteiger partial charge in [-0.3, -0.25) is 4.79 Å². The lowest BCUT2D eigenvalue weighted by Gasteiger charge is -2.03. The van der Waals surface area contributed by atoms with Gasteiger partial charge in [-0.15, -0.1) is 0 Å². The Morgan fingerprint density at radius 1 is 1.17 bits per heavy atom. The van der Waals surface area contributed by atoms with E-state index in [2.05, 4.69) is 14.9 Å². The van der Waals surface area contributed by atoms with E-state index in [0.29, 0.717) is 5.02 Å². The highest BCUT2D eigenvalue weighted by atomic mass is 35.5. The number of nitrogens with one attached hydrogen (secondary N) is 1. The second-order valence-electron chi connectivity index (χ2n) is 5.39. The number of rotatable bonds is 9. The molecule has 0 aliphatic carbocycles. The molecule has 2 aromatic rings. The lowest BCUT2D eigenvalue weighted by molar-refractivity contribution is -0.116. The summed E-state index contributed by atoms with van der Waals surface area (Å²) in [5, 5.41) is 3.60. The van der Waals surface area contributed by atoms with Crippen molar-refractivity contribution in [2.45, 2.75) is 32.2 Å². The van der Waals surface area contributed by atoms with Crippen LogP contribution in [0, 0.1) is 0 Å². The predicted octanol–water partition coefficient (Wildman–Crippen LogP) is 3.93. The normalized spacial score (nSPS) is 11.0. The molecule has 0 spiro atoms. The summed E-state index contributed by atoms with van der Waals surface area (Å²) in [6.45, 7) is 1.73. The molecule has 1 heterocycles. The van der Waals surface area contributed by atoms with Crippen LogP contribution in [0.2, 0.25) is 5.02 Å². The summed E-state index contributed by atoms with van der Waals surface area (Å²) in [6, 6.07) is 7.38. The Hall–Kier alpha value is -2.07. The Bertz CT molecular complexity index is 606. The fourth-order valence-corrected chi connectivity index (χ4v) is 2.33. The molecule has 4 nitrogen and oxygen atoms in total. The lowest BCUT2D eigenvalue weighted by atomic mass is 10.2. The maximum Gasteiger partial charge on any atom is 0.243 e. The van der Waals surface area contributed by atoms with Crippen LogP contribution in [0.3, 0.4) is 0 Å². The number of unbranched alkanes of at least 4 members (excludes halogenated alkanes) is 3. The number of nitrogens with zero attached hydrogens (tertiary/aromatic N) is 2. The van der Waals surface area contributed by atoms with Crippen LogP contribution in [0.1, 0.15) is 31.2 Å². The Morgan fingerprint density at radius 2 is 1.96 bits per heavy atom. The molecule has 2 rings (SSSR count). The van der Waals surface area contributed by atoms with Crippen molar-refractivity contribution >= 4 is 23.6 Å². The predicted molar refractivity (Wildman–Crippen MR) is 94.2 cm³/mol. The van der Waals surface area contributed by atoms with Crippen molar-refractivity contribution in [1.29, 1.82) is 0 Å². The van der Waals surface area contributed by atoms with Gasteiger partial charge in [-0.1, -0.05) is 36.6 Å². The number of carbonyl (C=O) groups is 1. The van der Waals surface area contributed by atoms with Crippen LogP contribution in [-0.2, 0) is 11.3 Å². The average molecular weight is 332 g/mol. The topological polar surface area (TPSA) is 46.9 Å². The van der Waals surface area contributed by atoms with Gasteiger partial charge in [0.1, 0.15) is 0 Å². The number of aryl methyl sites for hydroxylation is 1. The minimum atomic E-state index is -0.0571. The molecule has 5 heteroatoms. The van der Waals surface area contributed by atoms with Crippen LogP contribution in [0.15, 0.2) is 49.1 Å². The zero-order valence-electron chi connectivity index (χ0n) is 13.1. The largest absolute Gasteiger partial charge is 0.353 e. The van der Waals surface area contributed by atoms with E-state index in [-0.39, 0.29) is 5.91 Å². The fraction of sp³-hybridized carbons (Fsp3) is 0.333. The molecule has 0 bridgehead atoms. The van der Waals surface area contributed by atoms with Gasteiger partial charge in [-0.2, -0.15) is 0 Å². The molecule has 0 saturated carbocycles. The molecule has 1 N–H and O–H groups in total. The first-order valence-electron chi connectivity index (χ1n) is 7.91. The average Bonchev–Trinajstić information content (AvgIpc) is 3.07. The van der Waals surface area contributed by atoms with E-state index < -0.39 is 0 Å². The van der Waals surface area contributed by atoms with E-state index in [1.54, 1.807) is 18.3 Å². The number of aromatic nitrogens is 2. The summed E-state index contributed by atoms with van der Waals surface area (Å²) in [5.74, 6) is -0.0571. The number of imidazole rings is 1. The van der Waals surface area contributed by atoms with Crippen molar-refractivity contribution in [3.63, 3.8) is 0 Å². The van der Waals surface area contributed by atoms with Crippen LogP contribution < -0.4 is 5.32 Å². The van der Waals surface area contributed by atoms with E-state index in [1.165, 1.54) is 0 Å². The quantitative estimate of drug-likeness (QED) is 0.559. The monoisotopic (exact) mass is 331 g/mol. The molecule has 1 amide bonds. The van der Waals surface area contributed by atoms with Crippen molar-refractivity contribution in [3.05, 3.63) is 59.6 Å². The second kappa shape index (κ2) is 9.85. The van der Waals surface area contributed by atoms with E-state index in [1.807, 2.05) is 36.8 Å². The van der Waals surface area contributed by atoms with Crippen LogP contribution in [0.25, 0.3) is 6.08 Å². The van der Waals surface area contributed by atoms with Crippen LogP contribution in [-0.4, -0.2) is 22.0 Å². The maximum atomic E-state index is 11.7. The Morgan fingerprint density at radius 3 is 2.70 bits per heavy atom. The number of hydrogen-bond donors (Lipinski definition) is 1. The number of hydrogen-bond acceptors (Lipinski definition) is 2. The first-order valence-corrected chi connectivity index (χ1v) is 8.29. The van der Waals surface area contributed by atoms with Crippen LogP contribution in [0.5, 0.6) is 0 Å². The standard InChI is InChI=1S/C18H22ClN3O/c19-17-8-5-16(6-9-17)7-10-18(23)21-11-3-1-2-4-13-22-14-12-20-15-22/h5-10,12,14-15H,1-4,11,13H2,(H,21,23)/b10-7+. The van der Waals surface area contributed by atoms with Crippen molar-refractivity contribution in [1.82, 2.24) is 14.9 Å². The summed E-state index contributed by atoms with van der Waals surface area (Å²) in [6.07, 6.45) is 13.4. The van der Waals surface area contributed by atoms with Crippen molar-refractivity contribution in [2.75, 3.05) is 6.54 Å². The summed E-state index contributed by atoms with van der Waals surface area (Å²) >= 11 is 5.82. The van der Waals surface area contributed by atoms with Gasteiger partial charge in [0.15, 0.2) is 0 Å². The van der Waals surface area contributed by atoms with Gasteiger partial charge < -0.3 is 9.88 Å².